The number of anilines is 1. The van der Waals surface area contributed by atoms with E-state index in [1.54, 1.807) is 47.4 Å². The summed E-state index contributed by atoms with van der Waals surface area (Å²) in [6.07, 6.45) is -1.43. The molecule has 0 saturated carbocycles. The SMILES string of the molecule is COc1ccc(C(OC[C@H]2O[C@@H](n3ccc(NC(=O)C(C)C)nc3=O)[C@H](OC)[C@@H]2OP(C)N(C(C)C)C(C)C)(c2ccccc2)c2ccc(OC)cc2)cc1. The van der Waals surface area contributed by atoms with Gasteiger partial charge in [-0.05, 0) is 81.4 Å². The van der Waals surface area contributed by atoms with Crippen molar-refractivity contribution in [2.75, 3.05) is 39.9 Å². The molecule has 3 aromatic carbocycles. The molecule has 296 valence electrons. The van der Waals surface area contributed by atoms with Gasteiger partial charge in [0.2, 0.25) is 5.91 Å². The molecule has 12 nitrogen and oxygen atoms in total. The molecule has 1 amide bonds. The highest BCUT2D eigenvalue weighted by atomic mass is 31.2. The van der Waals surface area contributed by atoms with E-state index < -0.39 is 44.1 Å². The topological polar surface area (TPSA) is 123 Å². The molecule has 1 saturated heterocycles. The Balaban J connectivity index is 1.60. The van der Waals surface area contributed by atoms with Crippen LogP contribution in [0.4, 0.5) is 5.82 Å². The summed E-state index contributed by atoms with van der Waals surface area (Å²) >= 11 is 0. The zero-order valence-corrected chi connectivity index (χ0v) is 34.4. The monoisotopic (exact) mass is 774 g/mol. The van der Waals surface area contributed by atoms with Gasteiger partial charge in [-0.1, -0.05) is 68.4 Å². The normalized spacial score (nSPS) is 19.3. The molecule has 2 heterocycles. The number of hydrogen-bond acceptors (Lipinski definition) is 10. The van der Waals surface area contributed by atoms with Gasteiger partial charge in [-0.2, -0.15) is 4.98 Å². The van der Waals surface area contributed by atoms with Crippen molar-refractivity contribution in [1.82, 2.24) is 14.2 Å². The van der Waals surface area contributed by atoms with Gasteiger partial charge in [-0.25, -0.2) is 4.79 Å². The van der Waals surface area contributed by atoms with Crippen molar-refractivity contribution in [2.45, 2.75) is 83.8 Å². The van der Waals surface area contributed by atoms with Crippen LogP contribution in [0.3, 0.4) is 0 Å². The standard InChI is InChI=1S/C42H55N4O8P/c1-27(2)39(47)43-36-24-25-45(41(48)44-36)40-38(51-9)37(54-55(10)46(28(3)4)29(5)6)35(53-40)26-52-42(30-14-12-11-13-15-30,31-16-20-33(49-7)21-17-31)32-18-22-34(50-8)23-19-32/h11-25,27-29,35,37-38,40H,26H2,1-10H3,(H,43,44,47,48)/t35-,37-,38-,40-,55?/m1/s1. The number of hydrogen-bond donors (Lipinski definition) is 1. The summed E-state index contributed by atoms with van der Waals surface area (Å²) in [5.41, 5.74) is 0.894. The Hall–Kier alpha value is -4.16. The van der Waals surface area contributed by atoms with E-state index in [0.29, 0.717) is 11.5 Å². The van der Waals surface area contributed by atoms with E-state index in [4.69, 9.17) is 28.2 Å². The third-order valence-corrected chi connectivity index (χ3v) is 11.9. The van der Waals surface area contributed by atoms with E-state index in [9.17, 15) is 9.59 Å². The average molecular weight is 775 g/mol. The number of nitrogens with zero attached hydrogens (tertiary/aromatic N) is 3. The van der Waals surface area contributed by atoms with Crippen molar-refractivity contribution in [3.8, 4) is 11.5 Å². The Morgan fingerprint density at radius 3 is 1.85 bits per heavy atom. The van der Waals surface area contributed by atoms with Gasteiger partial charge in [-0.15, -0.1) is 0 Å². The predicted octanol–water partition coefficient (Wildman–Crippen LogP) is 7.22. The van der Waals surface area contributed by atoms with Crippen LogP contribution in [-0.2, 0) is 29.1 Å². The van der Waals surface area contributed by atoms with Crippen LogP contribution in [0.15, 0.2) is 95.9 Å². The summed E-state index contributed by atoms with van der Waals surface area (Å²) in [5, 5.41) is 2.70. The van der Waals surface area contributed by atoms with Crippen molar-refractivity contribution in [1.29, 1.82) is 0 Å². The van der Waals surface area contributed by atoms with Crippen molar-refractivity contribution in [3.05, 3.63) is 118 Å². The molecule has 1 unspecified atom stereocenters. The predicted molar refractivity (Wildman–Crippen MR) is 215 cm³/mol. The largest absolute Gasteiger partial charge is 0.497 e. The highest BCUT2D eigenvalue weighted by Crippen LogP contribution is 2.48. The van der Waals surface area contributed by atoms with Crippen LogP contribution in [0.5, 0.6) is 11.5 Å². The Morgan fingerprint density at radius 2 is 1.38 bits per heavy atom. The summed E-state index contributed by atoms with van der Waals surface area (Å²) < 4.78 is 42.0. The minimum Gasteiger partial charge on any atom is -0.497 e. The van der Waals surface area contributed by atoms with Crippen molar-refractivity contribution in [2.24, 2.45) is 5.92 Å². The maximum Gasteiger partial charge on any atom is 0.351 e. The van der Waals surface area contributed by atoms with Crippen molar-refractivity contribution in [3.63, 3.8) is 0 Å². The van der Waals surface area contributed by atoms with Crippen LogP contribution in [-0.4, -0.2) is 85.1 Å². The van der Waals surface area contributed by atoms with E-state index in [1.807, 2.05) is 78.9 Å². The number of amides is 1. The highest BCUT2D eigenvalue weighted by molar-refractivity contribution is 7.49. The Bertz CT molecular complexity index is 1830. The number of carbonyl (C=O) groups is 1. The maximum atomic E-state index is 13.6. The smallest absolute Gasteiger partial charge is 0.351 e. The first-order valence-electron chi connectivity index (χ1n) is 18.6. The highest BCUT2D eigenvalue weighted by Gasteiger charge is 2.50. The van der Waals surface area contributed by atoms with E-state index >= 15 is 0 Å². The van der Waals surface area contributed by atoms with Gasteiger partial charge in [0.1, 0.15) is 49.5 Å². The van der Waals surface area contributed by atoms with E-state index in [-0.39, 0.29) is 36.3 Å². The summed E-state index contributed by atoms with van der Waals surface area (Å²) in [5.74, 6) is 1.06. The molecule has 1 N–H and O–H groups in total. The molecule has 1 aromatic heterocycles. The van der Waals surface area contributed by atoms with Crippen LogP contribution in [0.25, 0.3) is 0 Å². The van der Waals surface area contributed by atoms with Gasteiger partial charge in [-0.3, -0.25) is 14.0 Å². The Kier molecular flexibility index (Phi) is 14.2. The van der Waals surface area contributed by atoms with Gasteiger partial charge in [0.25, 0.3) is 0 Å². The number of carbonyl (C=O) groups excluding carboxylic acids is 1. The zero-order chi connectivity index (χ0) is 39.9. The number of benzene rings is 3. The van der Waals surface area contributed by atoms with E-state index in [0.717, 1.165) is 16.7 Å². The molecule has 55 heavy (non-hydrogen) atoms. The van der Waals surface area contributed by atoms with Crippen molar-refractivity contribution < 1.29 is 33.0 Å². The lowest BCUT2D eigenvalue weighted by Gasteiger charge is -2.39. The molecule has 5 atom stereocenters. The van der Waals surface area contributed by atoms with Crippen LogP contribution in [0, 0.1) is 5.92 Å². The fourth-order valence-corrected chi connectivity index (χ4v) is 9.17. The molecule has 0 bridgehead atoms. The van der Waals surface area contributed by atoms with E-state index in [1.165, 1.54) is 4.57 Å². The fraction of sp³-hybridized carbons (Fsp3) is 0.452. The number of ether oxygens (including phenoxy) is 5. The Labute approximate surface area is 326 Å². The minimum atomic E-state index is -1.15. The average Bonchev–Trinajstić information content (AvgIpc) is 3.51. The molecular formula is C42H55N4O8P. The van der Waals surface area contributed by atoms with Gasteiger partial charge in [0, 0.05) is 31.3 Å². The van der Waals surface area contributed by atoms with Gasteiger partial charge < -0.3 is 33.5 Å². The second-order valence-electron chi connectivity index (χ2n) is 14.3. The summed E-state index contributed by atoms with van der Waals surface area (Å²) in [6, 6.07) is 27.7. The lowest BCUT2D eigenvalue weighted by atomic mass is 9.80. The quantitative estimate of drug-likeness (QED) is 0.0870. The Morgan fingerprint density at radius 1 is 0.836 bits per heavy atom. The maximum absolute atomic E-state index is 13.6. The summed E-state index contributed by atoms with van der Waals surface area (Å²) in [6.45, 7) is 14.3. The third kappa shape index (κ3) is 9.28. The lowest BCUT2D eigenvalue weighted by molar-refractivity contribution is -0.118. The molecule has 1 aliphatic rings. The first kappa shape index (κ1) is 42.0. The van der Waals surface area contributed by atoms with Gasteiger partial charge in [0.15, 0.2) is 6.23 Å². The zero-order valence-electron chi connectivity index (χ0n) is 33.5. The van der Waals surface area contributed by atoms with Crippen LogP contribution in [0.1, 0.15) is 64.5 Å². The van der Waals surface area contributed by atoms with Crippen LogP contribution in [0.2, 0.25) is 0 Å². The number of aromatic nitrogens is 2. The molecule has 4 aromatic rings. The minimum absolute atomic E-state index is 0.0468. The first-order chi connectivity index (χ1) is 26.3. The van der Waals surface area contributed by atoms with Crippen LogP contribution < -0.4 is 20.5 Å². The molecule has 5 rings (SSSR count). The van der Waals surface area contributed by atoms with Gasteiger partial charge in [0.05, 0.1) is 20.8 Å². The first-order valence-corrected chi connectivity index (χ1v) is 20.3. The number of methoxy groups -OCH3 is 3. The second-order valence-corrected chi connectivity index (χ2v) is 15.9. The van der Waals surface area contributed by atoms with E-state index in [2.05, 4.69) is 49.3 Å². The summed E-state index contributed by atoms with van der Waals surface area (Å²) in [4.78, 5) is 30.2. The molecule has 13 heteroatoms. The molecule has 0 spiro atoms. The van der Waals surface area contributed by atoms with Crippen LogP contribution >= 0.6 is 8.30 Å². The molecule has 1 fully saturated rings. The second kappa shape index (κ2) is 18.7. The lowest BCUT2D eigenvalue weighted by Crippen LogP contribution is -2.42. The molecule has 1 aliphatic heterocycles. The van der Waals surface area contributed by atoms with Gasteiger partial charge >= 0.3 is 5.69 Å². The summed E-state index contributed by atoms with van der Waals surface area (Å²) in [7, 11) is 3.70. The third-order valence-electron chi connectivity index (χ3n) is 9.73. The molecule has 0 aliphatic carbocycles. The number of rotatable bonds is 17. The number of nitrogens with one attached hydrogen (secondary N) is 1. The molecular weight excluding hydrogens is 719 g/mol. The fourth-order valence-electron chi connectivity index (χ4n) is 7.15. The molecule has 0 radical (unpaired) electrons. The van der Waals surface area contributed by atoms with Crippen molar-refractivity contribution >= 4 is 20.0 Å².